The Bertz CT molecular complexity index is 2000. The number of phosphoric ester groups is 2. The Balaban J connectivity index is 5.26. The lowest BCUT2D eigenvalue weighted by atomic mass is 9.99. The fraction of sp³-hybridized carbons (Fsp3) is 0.953. The molecule has 105 heavy (non-hydrogen) atoms. The van der Waals surface area contributed by atoms with E-state index in [9.17, 15) is 43.2 Å². The van der Waals surface area contributed by atoms with Crippen LogP contribution in [-0.4, -0.2) is 96.7 Å². The van der Waals surface area contributed by atoms with E-state index < -0.39 is 97.5 Å². The molecule has 0 saturated carbocycles. The first kappa shape index (κ1) is 103. The maximum Gasteiger partial charge on any atom is 0.472 e. The summed E-state index contributed by atoms with van der Waals surface area (Å²) >= 11 is 0. The second kappa shape index (κ2) is 78.7. The molecule has 0 saturated heterocycles. The summed E-state index contributed by atoms with van der Waals surface area (Å²) in [5, 5.41) is 10.7. The van der Waals surface area contributed by atoms with Gasteiger partial charge < -0.3 is 33.8 Å². The number of carbonyl (C=O) groups excluding carboxylic acids is 4. The highest BCUT2D eigenvalue weighted by Gasteiger charge is 2.30. The van der Waals surface area contributed by atoms with E-state index in [0.717, 1.165) is 95.8 Å². The SMILES string of the molecule is CCCCCCCCCCCCCCCCCCCCCC(=O)OC[C@H](COP(=O)(O)OC[C@@H](O)COP(=O)(O)OC[C@@H](COC(=O)CCCCCCCCCCCCCCC)OC(=O)CCCCCCCCCCCCC(C)CC)OC(=O)CCCCCCCCCCCCCCCCCCCCC. The van der Waals surface area contributed by atoms with Crippen molar-refractivity contribution in [3.63, 3.8) is 0 Å². The lowest BCUT2D eigenvalue weighted by Crippen LogP contribution is -2.30. The Morgan fingerprint density at radius 1 is 0.267 bits per heavy atom. The molecule has 3 N–H and O–H groups in total. The van der Waals surface area contributed by atoms with Gasteiger partial charge in [-0.05, 0) is 31.6 Å². The molecule has 0 amide bonds. The number of phosphoric acid groups is 2. The molecule has 19 heteroatoms. The molecule has 0 heterocycles. The zero-order chi connectivity index (χ0) is 76.9. The van der Waals surface area contributed by atoms with Crippen LogP contribution in [-0.2, 0) is 65.4 Å². The first-order valence-corrected chi connectivity index (χ1v) is 47.7. The van der Waals surface area contributed by atoms with E-state index >= 15 is 0 Å². The molecule has 0 aliphatic rings. The van der Waals surface area contributed by atoms with E-state index in [1.165, 1.54) is 289 Å². The van der Waals surface area contributed by atoms with Gasteiger partial charge in [-0.3, -0.25) is 37.3 Å². The van der Waals surface area contributed by atoms with Gasteiger partial charge in [0.05, 0.1) is 26.4 Å². The maximum atomic E-state index is 13.2. The Kier molecular flexibility index (Phi) is 77.3. The Labute approximate surface area is 645 Å². The molecule has 6 atom stereocenters. The standard InChI is InChI=1S/C86H168O17P2/c1-6-10-13-16-19-22-25-28-30-32-34-36-38-41-44-50-55-60-65-70-84(89)97-75-81(102-85(90)71-66-61-56-51-45-42-39-37-35-33-31-29-26-23-20-17-14-11-7-2)77-100-104(92,93)98-73-80(87)74-99-105(94,95)101-78-82(76-96-83(88)69-64-59-54-49-43-40-27-24-21-18-15-12-8-3)103-86(91)72-67-62-57-52-47-46-48-53-58-63-68-79(5)9-4/h79-82,87H,6-78H2,1-5H3,(H,92,93)(H,94,95)/t79?,80-,81-,82-/m1/s1. The van der Waals surface area contributed by atoms with Crippen LogP contribution >= 0.6 is 15.6 Å². The van der Waals surface area contributed by atoms with Crippen molar-refractivity contribution in [2.75, 3.05) is 39.6 Å². The van der Waals surface area contributed by atoms with Crippen molar-refractivity contribution in [2.45, 2.75) is 483 Å². The molecule has 0 aromatic heterocycles. The molecular formula is C86H168O17P2. The largest absolute Gasteiger partial charge is 0.472 e. The predicted octanol–water partition coefficient (Wildman–Crippen LogP) is 26.4. The highest BCUT2D eigenvalue weighted by Crippen LogP contribution is 2.45. The van der Waals surface area contributed by atoms with Crippen molar-refractivity contribution in [2.24, 2.45) is 5.92 Å². The highest BCUT2D eigenvalue weighted by molar-refractivity contribution is 7.47. The van der Waals surface area contributed by atoms with Crippen molar-refractivity contribution in [3.8, 4) is 0 Å². The fourth-order valence-corrected chi connectivity index (χ4v) is 15.0. The summed E-state index contributed by atoms with van der Waals surface area (Å²) in [6.45, 7) is 7.39. The summed E-state index contributed by atoms with van der Waals surface area (Å²) in [4.78, 5) is 73.3. The summed E-state index contributed by atoms with van der Waals surface area (Å²) in [7, 11) is -9.93. The van der Waals surface area contributed by atoms with Gasteiger partial charge in [-0.1, -0.05) is 413 Å². The molecule has 3 unspecified atom stereocenters. The quantitative estimate of drug-likeness (QED) is 0.0222. The Morgan fingerprint density at radius 3 is 0.676 bits per heavy atom. The normalized spacial score (nSPS) is 14.0. The zero-order valence-corrected chi connectivity index (χ0v) is 70.7. The van der Waals surface area contributed by atoms with Gasteiger partial charge in [-0.25, -0.2) is 9.13 Å². The van der Waals surface area contributed by atoms with Crippen LogP contribution in [0.3, 0.4) is 0 Å². The molecule has 0 aromatic carbocycles. The molecule has 0 aliphatic carbocycles. The smallest absolute Gasteiger partial charge is 0.462 e. The molecular weight excluding hydrogens is 1370 g/mol. The molecule has 0 aromatic rings. The van der Waals surface area contributed by atoms with E-state index in [0.29, 0.717) is 25.7 Å². The van der Waals surface area contributed by atoms with Crippen molar-refractivity contribution < 1.29 is 80.2 Å². The monoisotopic (exact) mass is 1540 g/mol. The minimum Gasteiger partial charge on any atom is -0.462 e. The van der Waals surface area contributed by atoms with Gasteiger partial charge in [0.2, 0.25) is 0 Å². The Morgan fingerprint density at radius 2 is 0.457 bits per heavy atom. The number of carbonyl (C=O) groups is 4. The topological polar surface area (TPSA) is 237 Å². The van der Waals surface area contributed by atoms with Gasteiger partial charge in [-0.15, -0.1) is 0 Å². The van der Waals surface area contributed by atoms with Crippen LogP contribution in [0, 0.1) is 5.92 Å². The molecule has 0 bridgehead atoms. The third kappa shape index (κ3) is 78.5. The van der Waals surface area contributed by atoms with Crippen molar-refractivity contribution in [3.05, 3.63) is 0 Å². The van der Waals surface area contributed by atoms with Crippen LogP contribution in [0.25, 0.3) is 0 Å². The Hall–Kier alpha value is -1.94. The number of rotatable bonds is 86. The van der Waals surface area contributed by atoms with Crippen LogP contribution in [0.2, 0.25) is 0 Å². The number of hydrogen-bond acceptors (Lipinski definition) is 15. The predicted molar refractivity (Wildman–Crippen MR) is 432 cm³/mol. The van der Waals surface area contributed by atoms with E-state index in [4.69, 9.17) is 37.0 Å². The summed E-state index contributed by atoms with van der Waals surface area (Å²) in [6, 6.07) is 0. The average molecular weight is 1540 g/mol. The van der Waals surface area contributed by atoms with Crippen molar-refractivity contribution in [1.29, 1.82) is 0 Å². The second-order valence-electron chi connectivity index (χ2n) is 31.2. The van der Waals surface area contributed by atoms with Crippen LogP contribution in [0.15, 0.2) is 0 Å². The highest BCUT2D eigenvalue weighted by atomic mass is 31.2. The van der Waals surface area contributed by atoms with E-state index in [-0.39, 0.29) is 25.7 Å². The van der Waals surface area contributed by atoms with Gasteiger partial charge in [-0.2, -0.15) is 0 Å². The lowest BCUT2D eigenvalue weighted by molar-refractivity contribution is -0.161. The van der Waals surface area contributed by atoms with Gasteiger partial charge in [0.1, 0.15) is 19.3 Å². The summed E-state index contributed by atoms with van der Waals surface area (Å²) in [5.74, 6) is -1.30. The molecule has 0 radical (unpaired) electrons. The number of unbranched alkanes of at least 4 members (excludes halogenated alkanes) is 57. The molecule has 0 rings (SSSR count). The second-order valence-corrected chi connectivity index (χ2v) is 34.1. The third-order valence-electron chi connectivity index (χ3n) is 20.6. The molecule has 0 aliphatic heterocycles. The van der Waals surface area contributed by atoms with Crippen LogP contribution < -0.4 is 0 Å². The molecule has 0 fully saturated rings. The van der Waals surface area contributed by atoms with Crippen molar-refractivity contribution in [1.82, 2.24) is 0 Å². The zero-order valence-electron chi connectivity index (χ0n) is 68.9. The summed E-state index contributed by atoms with van der Waals surface area (Å²) in [6.07, 6.45) is 72.1. The van der Waals surface area contributed by atoms with E-state index in [1.807, 2.05) is 0 Å². The van der Waals surface area contributed by atoms with E-state index in [2.05, 4.69) is 34.6 Å². The van der Waals surface area contributed by atoms with Crippen LogP contribution in [0.5, 0.6) is 0 Å². The first-order chi connectivity index (χ1) is 51.1. The van der Waals surface area contributed by atoms with Gasteiger partial charge in [0.25, 0.3) is 0 Å². The van der Waals surface area contributed by atoms with Crippen LogP contribution in [0.1, 0.15) is 465 Å². The number of esters is 4. The molecule has 0 spiro atoms. The fourth-order valence-electron chi connectivity index (χ4n) is 13.4. The van der Waals surface area contributed by atoms with Crippen LogP contribution in [0.4, 0.5) is 0 Å². The third-order valence-corrected chi connectivity index (χ3v) is 22.5. The molecule has 624 valence electrons. The van der Waals surface area contributed by atoms with Gasteiger partial charge in [0.15, 0.2) is 12.2 Å². The lowest BCUT2D eigenvalue weighted by Gasteiger charge is -2.21. The van der Waals surface area contributed by atoms with Gasteiger partial charge in [0, 0.05) is 25.7 Å². The number of aliphatic hydroxyl groups excluding tert-OH is 1. The minimum absolute atomic E-state index is 0.107. The average Bonchev–Trinajstić information content (AvgIpc) is 0.906. The summed E-state index contributed by atoms with van der Waals surface area (Å²) < 4.78 is 68.9. The first-order valence-electron chi connectivity index (χ1n) is 44.7. The van der Waals surface area contributed by atoms with Gasteiger partial charge >= 0.3 is 39.5 Å². The maximum absolute atomic E-state index is 13.2. The number of hydrogen-bond donors (Lipinski definition) is 3. The minimum atomic E-state index is -4.97. The summed E-state index contributed by atoms with van der Waals surface area (Å²) in [5.41, 5.74) is 0. The van der Waals surface area contributed by atoms with E-state index in [1.54, 1.807) is 0 Å². The number of aliphatic hydroxyl groups is 1. The number of ether oxygens (including phenoxy) is 4. The van der Waals surface area contributed by atoms with Crippen molar-refractivity contribution >= 4 is 39.5 Å². The molecule has 17 nitrogen and oxygen atoms in total.